The highest BCUT2D eigenvalue weighted by molar-refractivity contribution is 6.28. The molecule has 1 unspecified atom stereocenters. The van der Waals surface area contributed by atoms with Gasteiger partial charge >= 0.3 is 23.9 Å². The molecular formula is C36H44O12. The number of carbonyl (C=O) groups is 7. The fourth-order valence-electron chi connectivity index (χ4n) is 5.34. The highest BCUT2D eigenvalue weighted by atomic mass is 16.6. The molecule has 0 heterocycles. The van der Waals surface area contributed by atoms with Crippen molar-refractivity contribution in [2.45, 2.75) is 101 Å². The number of allylic oxidation sites excluding steroid dienone is 4. The van der Waals surface area contributed by atoms with Crippen LogP contribution in [-0.4, -0.2) is 48.3 Å². The molecule has 0 saturated carbocycles. The van der Waals surface area contributed by atoms with Crippen molar-refractivity contribution in [2.24, 2.45) is 5.41 Å². The molecule has 0 radical (unpaired) electrons. The lowest BCUT2D eigenvalue weighted by Crippen LogP contribution is -2.38. The minimum absolute atomic E-state index is 0.00107. The van der Waals surface area contributed by atoms with Gasteiger partial charge in [-0.15, -0.1) is 0 Å². The summed E-state index contributed by atoms with van der Waals surface area (Å²) in [6.45, 7) is 13.2. The van der Waals surface area contributed by atoms with E-state index in [0.717, 1.165) is 33.3 Å². The van der Waals surface area contributed by atoms with Gasteiger partial charge in [-0.2, -0.15) is 0 Å². The van der Waals surface area contributed by atoms with Crippen LogP contribution in [0.4, 0.5) is 0 Å². The minimum atomic E-state index is -1.54. The Bertz CT molecular complexity index is 1620. The second kappa shape index (κ2) is 16.8. The van der Waals surface area contributed by atoms with Crippen LogP contribution in [0.3, 0.4) is 0 Å². The highest BCUT2D eigenvalue weighted by Gasteiger charge is 2.50. The third-order valence-electron chi connectivity index (χ3n) is 7.31. The number of ketones is 3. The van der Waals surface area contributed by atoms with Gasteiger partial charge in [-0.3, -0.25) is 33.6 Å². The highest BCUT2D eigenvalue weighted by Crippen LogP contribution is 2.50. The molecule has 0 aromatic heterocycles. The average Bonchev–Trinajstić information content (AvgIpc) is 2.96. The first-order valence-electron chi connectivity index (χ1n) is 15.6. The lowest BCUT2D eigenvalue weighted by molar-refractivity contribution is -0.141. The number of hydrogen-bond donors (Lipinski definition) is 0. The van der Waals surface area contributed by atoms with Crippen molar-refractivity contribution in [3.63, 3.8) is 0 Å². The van der Waals surface area contributed by atoms with Gasteiger partial charge in [0.2, 0.25) is 0 Å². The smallest absolute Gasteiger partial charge is 0.308 e. The molecule has 12 nitrogen and oxygen atoms in total. The van der Waals surface area contributed by atoms with Gasteiger partial charge in [0.1, 0.15) is 34.2 Å². The van der Waals surface area contributed by atoms with E-state index in [4.69, 9.17) is 23.7 Å². The molecule has 12 heteroatoms. The van der Waals surface area contributed by atoms with E-state index in [2.05, 4.69) is 0 Å². The van der Waals surface area contributed by atoms with Crippen LogP contribution in [0.2, 0.25) is 0 Å². The number of benzene rings is 1. The Morgan fingerprint density at radius 1 is 0.729 bits per heavy atom. The van der Waals surface area contributed by atoms with E-state index in [-0.39, 0.29) is 64.7 Å². The maximum Gasteiger partial charge on any atom is 0.308 e. The first-order valence-corrected chi connectivity index (χ1v) is 15.6. The fourth-order valence-corrected chi connectivity index (χ4v) is 5.34. The van der Waals surface area contributed by atoms with Crippen molar-refractivity contribution in [3.8, 4) is 17.2 Å². The monoisotopic (exact) mass is 668 g/mol. The molecule has 1 aliphatic carbocycles. The average molecular weight is 669 g/mol. The van der Waals surface area contributed by atoms with Gasteiger partial charge in [0.15, 0.2) is 23.1 Å². The number of carbonyl (C=O) groups excluding carboxylic acids is 7. The van der Waals surface area contributed by atoms with Crippen LogP contribution in [0, 0.1) is 5.41 Å². The molecule has 2 rings (SSSR count). The number of Topliss-reactive ketones (excluding diaryl/α,β-unsaturated/α-hetero) is 3. The second-order valence-electron chi connectivity index (χ2n) is 11.8. The van der Waals surface area contributed by atoms with Gasteiger partial charge in [0.05, 0.1) is 12.5 Å². The van der Waals surface area contributed by atoms with Crippen molar-refractivity contribution in [1.29, 1.82) is 0 Å². The van der Waals surface area contributed by atoms with Crippen LogP contribution < -0.4 is 14.2 Å². The van der Waals surface area contributed by atoms with Crippen LogP contribution in [0.15, 0.2) is 40.4 Å². The first-order chi connectivity index (χ1) is 22.4. The molecule has 0 bridgehead atoms. The normalized spacial score (nSPS) is 15.8. The van der Waals surface area contributed by atoms with E-state index < -0.39 is 58.6 Å². The summed E-state index contributed by atoms with van der Waals surface area (Å²) in [5, 5.41) is 0. The maximum atomic E-state index is 14.5. The van der Waals surface area contributed by atoms with Gasteiger partial charge in [-0.05, 0) is 40.0 Å². The van der Waals surface area contributed by atoms with Crippen LogP contribution in [0.25, 0.3) is 0 Å². The Hall–Kier alpha value is -4.87. The van der Waals surface area contributed by atoms with Crippen LogP contribution in [-0.2, 0) is 44.7 Å². The molecule has 0 fully saturated rings. The van der Waals surface area contributed by atoms with Crippen LogP contribution in [0.5, 0.6) is 17.2 Å². The van der Waals surface area contributed by atoms with Crippen LogP contribution >= 0.6 is 0 Å². The van der Waals surface area contributed by atoms with Gasteiger partial charge < -0.3 is 23.7 Å². The Balaban J connectivity index is 3.22. The maximum absolute atomic E-state index is 14.5. The summed E-state index contributed by atoms with van der Waals surface area (Å²) in [6.07, 6.45) is 2.03. The summed E-state index contributed by atoms with van der Waals surface area (Å²) in [5.74, 6) is -6.28. The fraction of sp³-hybridized carbons (Fsp3) is 0.472. The summed E-state index contributed by atoms with van der Waals surface area (Å²) in [5.41, 5.74) is -1.52. The zero-order chi connectivity index (χ0) is 36.5. The van der Waals surface area contributed by atoms with Gasteiger partial charge in [-0.25, -0.2) is 0 Å². The van der Waals surface area contributed by atoms with Crippen molar-refractivity contribution in [1.82, 2.24) is 0 Å². The zero-order valence-electron chi connectivity index (χ0n) is 29.3. The van der Waals surface area contributed by atoms with E-state index in [9.17, 15) is 33.6 Å². The molecule has 48 heavy (non-hydrogen) atoms. The zero-order valence-corrected chi connectivity index (χ0v) is 29.3. The molecule has 1 aromatic carbocycles. The molecule has 1 aliphatic rings. The Labute approximate surface area is 280 Å². The summed E-state index contributed by atoms with van der Waals surface area (Å²) in [6, 6.07) is 1.26. The van der Waals surface area contributed by atoms with E-state index >= 15 is 0 Å². The number of methoxy groups -OCH3 is 1. The Morgan fingerprint density at radius 3 is 1.73 bits per heavy atom. The van der Waals surface area contributed by atoms with E-state index in [1.807, 2.05) is 13.8 Å². The third-order valence-corrected chi connectivity index (χ3v) is 7.31. The summed E-state index contributed by atoms with van der Waals surface area (Å²) in [7, 11) is 1.28. The quantitative estimate of drug-likeness (QED) is 0.0702. The summed E-state index contributed by atoms with van der Waals surface area (Å²) < 4.78 is 27.9. The minimum Gasteiger partial charge on any atom is -0.496 e. The first kappa shape index (κ1) is 39.3. The Kier molecular flexibility index (Phi) is 13.8. The number of ether oxygens (including phenoxy) is 5. The molecule has 260 valence electrons. The van der Waals surface area contributed by atoms with Gasteiger partial charge in [0, 0.05) is 64.2 Å². The largest absolute Gasteiger partial charge is 0.496 e. The topological polar surface area (TPSA) is 166 Å². The number of hydrogen-bond acceptors (Lipinski definition) is 12. The predicted octanol–water partition coefficient (Wildman–Crippen LogP) is 6.02. The second-order valence-corrected chi connectivity index (χ2v) is 11.8. The van der Waals surface area contributed by atoms with Crippen LogP contribution in [0.1, 0.15) is 110 Å². The molecule has 1 aromatic rings. The Morgan fingerprint density at radius 2 is 1.25 bits per heavy atom. The van der Waals surface area contributed by atoms with Gasteiger partial charge in [0.25, 0.3) is 0 Å². The van der Waals surface area contributed by atoms with Crippen molar-refractivity contribution < 1.29 is 57.2 Å². The van der Waals surface area contributed by atoms with Crippen molar-refractivity contribution in [2.75, 3.05) is 7.11 Å². The molecule has 0 amide bonds. The molecule has 0 N–H and O–H groups in total. The van der Waals surface area contributed by atoms with Gasteiger partial charge in [-0.1, -0.05) is 25.5 Å². The van der Waals surface area contributed by atoms with Crippen molar-refractivity contribution >= 4 is 41.2 Å². The predicted molar refractivity (Wildman–Crippen MR) is 173 cm³/mol. The number of esters is 4. The summed E-state index contributed by atoms with van der Waals surface area (Å²) in [4.78, 5) is 91.2. The lowest BCUT2D eigenvalue weighted by Gasteiger charge is -2.38. The molecule has 0 saturated heterocycles. The summed E-state index contributed by atoms with van der Waals surface area (Å²) >= 11 is 0. The van der Waals surface area contributed by atoms with E-state index in [0.29, 0.717) is 12.8 Å². The molecule has 1 atom stereocenters. The molecular weight excluding hydrogens is 624 g/mol. The third kappa shape index (κ3) is 9.14. The van der Waals surface area contributed by atoms with E-state index in [1.54, 1.807) is 26.8 Å². The van der Waals surface area contributed by atoms with Crippen molar-refractivity contribution in [3.05, 3.63) is 51.5 Å². The lowest BCUT2D eigenvalue weighted by atomic mass is 9.70. The number of rotatable bonds is 15. The standard InChI is InChI=1S/C36H44O12/c1-11-13-26(41)30-29(45-20(5)37)18-28(44-10)24(33(30)46-21(6)38)17-25-32(43)31(27(42)14-12-2)35(48-23(8)40)36(9,16-15-19(3)4)34(25)47-22(7)39/h15,18H,11-14,16-17H2,1-10H3. The molecule has 0 spiro atoms. The SMILES string of the molecule is CCCC(=O)C1=C(OC(C)=O)C(C)(CC=C(C)C)C(OC(C)=O)=C(Cc2c(OC)cc(OC(C)=O)c(C(=O)CCC)c2OC(C)=O)C1=O. The van der Waals surface area contributed by atoms with E-state index in [1.165, 1.54) is 13.2 Å². The molecule has 0 aliphatic heterocycles.